The highest BCUT2D eigenvalue weighted by atomic mass is 16.6. The summed E-state index contributed by atoms with van der Waals surface area (Å²) in [5, 5.41) is 0. The predicted octanol–water partition coefficient (Wildman–Crippen LogP) is 3.12. The summed E-state index contributed by atoms with van der Waals surface area (Å²) in [5.41, 5.74) is -0.191. The largest absolute Gasteiger partial charge is 0.469 e. The molecular weight excluding hydrogens is 384 g/mol. The fourth-order valence-electron chi connectivity index (χ4n) is 8.59. The van der Waals surface area contributed by atoms with Crippen molar-refractivity contribution < 1.29 is 28.6 Å². The van der Waals surface area contributed by atoms with Crippen LogP contribution < -0.4 is 0 Å². The van der Waals surface area contributed by atoms with Crippen molar-refractivity contribution in [3.8, 4) is 0 Å². The number of hydrogen-bond acceptors (Lipinski definition) is 6. The van der Waals surface area contributed by atoms with E-state index in [1.54, 1.807) is 0 Å². The average molecular weight is 414 g/mol. The molecule has 2 aliphatic heterocycles. The van der Waals surface area contributed by atoms with Gasteiger partial charge in [-0.05, 0) is 38.0 Å². The molecule has 4 aliphatic carbocycles. The number of carbonyl (C=O) groups excluding carboxylic acids is 3. The van der Waals surface area contributed by atoms with Gasteiger partial charge in [-0.25, -0.2) is 0 Å². The quantitative estimate of drug-likeness (QED) is 0.372. The molecule has 162 valence electrons. The van der Waals surface area contributed by atoms with Gasteiger partial charge in [0, 0.05) is 36.0 Å². The lowest BCUT2D eigenvalue weighted by Crippen LogP contribution is -2.62. The normalized spacial score (nSPS) is 53.2. The third kappa shape index (κ3) is 1.94. The summed E-state index contributed by atoms with van der Waals surface area (Å²) >= 11 is 0. The second-order valence-corrected chi connectivity index (χ2v) is 10.9. The Kier molecular flexibility index (Phi) is 3.53. The number of Topliss-reactive ketones (excluding diaryl/α,β-unsaturated/α-hetero) is 1. The molecule has 0 bridgehead atoms. The average Bonchev–Trinajstić information content (AvgIpc) is 3.20. The smallest absolute Gasteiger partial charge is 0.312 e. The number of epoxide rings is 1. The molecule has 0 aromatic carbocycles. The standard InChI is InChI=1S/C24H30O6/c1-21-7-4-14(25)10-13(21)11-15(20(27)28-3)19-16-5-8-23(9-6-18(26)30-23)22(16,2)12-17-24(19,21)29-17/h11,15-17,19H,4-10,12H2,1-3H3/t15-,16?,17-,19+,21+,22+,23?,24?/m1/s1. The van der Waals surface area contributed by atoms with Gasteiger partial charge in [-0.3, -0.25) is 14.4 Å². The first kappa shape index (κ1) is 19.0. The van der Waals surface area contributed by atoms with E-state index in [-0.39, 0.29) is 46.5 Å². The van der Waals surface area contributed by atoms with Crippen LogP contribution in [0.1, 0.15) is 65.2 Å². The van der Waals surface area contributed by atoms with E-state index >= 15 is 0 Å². The zero-order chi connectivity index (χ0) is 21.1. The van der Waals surface area contributed by atoms with Crippen molar-refractivity contribution in [1.82, 2.24) is 0 Å². The van der Waals surface area contributed by atoms with Crippen molar-refractivity contribution in [2.75, 3.05) is 7.11 Å². The van der Waals surface area contributed by atoms with Crippen LogP contribution in [0.15, 0.2) is 11.6 Å². The topological polar surface area (TPSA) is 82.2 Å². The van der Waals surface area contributed by atoms with Gasteiger partial charge in [-0.2, -0.15) is 0 Å². The minimum absolute atomic E-state index is 0.00525. The number of hydrogen-bond donors (Lipinski definition) is 0. The van der Waals surface area contributed by atoms with Crippen molar-refractivity contribution >= 4 is 17.7 Å². The molecule has 3 unspecified atom stereocenters. The fraction of sp³-hybridized carbons (Fsp3) is 0.792. The van der Waals surface area contributed by atoms with Gasteiger partial charge in [0.2, 0.25) is 0 Å². The highest BCUT2D eigenvalue weighted by molar-refractivity contribution is 5.84. The highest BCUT2D eigenvalue weighted by Gasteiger charge is 2.83. The maximum absolute atomic E-state index is 13.0. The zero-order valence-corrected chi connectivity index (χ0v) is 18.0. The van der Waals surface area contributed by atoms with Gasteiger partial charge in [0.05, 0.1) is 19.1 Å². The van der Waals surface area contributed by atoms with Crippen LogP contribution in [-0.2, 0) is 28.6 Å². The maximum atomic E-state index is 13.0. The van der Waals surface area contributed by atoms with Crippen LogP contribution in [0.5, 0.6) is 0 Å². The first-order valence-electron chi connectivity index (χ1n) is 11.4. The molecule has 6 heteroatoms. The Morgan fingerprint density at radius 2 is 1.97 bits per heavy atom. The lowest BCUT2D eigenvalue weighted by molar-refractivity contribution is -0.169. The fourth-order valence-corrected chi connectivity index (χ4v) is 8.59. The van der Waals surface area contributed by atoms with Gasteiger partial charge < -0.3 is 14.2 Å². The number of fused-ring (bicyclic) bond motifs is 4. The molecule has 6 rings (SSSR count). The molecule has 0 aromatic heterocycles. The summed E-state index contributed by atoms with van der Waals surface area (Å²) in [5.74, 6) is -0.292. The summed E-state index contributed by atoms with van der Waals surface area (Å²) in [7, 11) is 1.44. The van der Waals surface area contributed by atoms with E-state index in [4.69, 9.17) is 14.2 Å². The van der Waals surface area contributed by atoms with Gasteiger partial charge in [-0.15, -0.1) is 0 Å². The van der Waals surface area contributed by atoms with Crippen molar-refractivity contribution in [3.63, 3.8) is 0 Å². The minimum Gasteiger partial charge on any atom is -0.469 e. The monoisotopic (exact) mass is 414 g/mol. The minimum atomic E-state index is -0.430. The van der Waals surface area contributed by atoms with E-state index < -0.39 is 17.1 Å². The Bertz CT molecular complexity index is 907. The maximum Gasteiger partial charge on any atom is 0.312 e. The highest BCUT2D eigenvalue weighted by Crippen LogP contribution is 2.77. The lowest BCUT2D eigenvalue weighted by Gasteiger charge is -2.57. The van der Waals surface area contributed by atoms with E-state index in [0.717, 1.165) is 37.7 Å². The van der Waals surface area contributed by atoms with Gasteiger partial charge >= 0.3 is 11.9 Å². The molecule has 30 heavy (non-hydrogen) atoms. The SMILES string of the molecule is COC(=O)[C@@H]1C=C2CC(=O)CC[C@]2(C)C23O[C@@H]2C[C@@]2(C)C(CCC24CCC(=O)O4)[C@H]13. The second-order valence-electron chi connectivity index (χ2n) is 10.9. The molecule has 3 saturated carbocycles. The number of esters is 2. The van der Waals surface area contributed by atoms with Crippen LogP contribution in [0.2, 0.25) is 0 Å². The zero-order valence-electron chi connectivity index (χ0n) is 18.0. The van der Waals surface area contributed by atoms with Gasteiger partial charge in [0.15, 0.2) is 0 Å². The molecule has 0 aromatic rings. The van der Waals surface area contributed by atoms with Crippen LogP contribution in [0.25, 0.3) is 0 Å². The van der Waals surface area contributed by atoms with Gasteiger partial charge in [0.1, 0.15) is 17.0 Å². The number of carbonyl (C=O) groups is 3. The first-order valence-corrected chi connectivity index (χ1v) is 11.4. The Hall–Kier alpha value is -1.69. The molecule has 6 aliphatic rings. The van der Waals surface area contributed by atoms with E-state index in [9.17, 15) is 14.4 Å². The van der Waals surface area contributed by atoms with E-state index in [1.807, 2.05) is 0 Å². The van der Waals surface area contributed by atoms with Gasteiger partial charge in [0.25, 0.3) is 0 Å². The molecule has 0 radical (unpaired) electrons. The number of ketones is 1. The number of ether oxygens (including phenoxy) is 3. The molecule has 0 N–H and O–H groups in total. The second kappa shape index (κ2) is 5.56. The Labute approximate surface area is 176 Å². The van der Waals surface area contributed by atoms with E-state index in [0.29, 0.717) is 19.3 Å². The number of methoxy groups -OCH3 is 1. The Balaban J connectivity index is 1.50. The summed E-state index contributed by atoms with van der Waals surface area (Å²) in [6, 6.07) is 0. The summed E-state index contributed by atoms with van der Waals surface area (Å²) in [6.45, 7) is 4.50. The van der Waals surface area contributed by atoms with Crippen molar-refractivity contribution in [3.05, 3.63) is 11.6 Å². The lowest BCUT2D eigenvalue weighted by atomic mass is 9.44. The van der Waals surface area contributed by atoms with Crippen LogP contribution in [-0.4, -0.2) is 42.1 Å². The molecule has 6 nitrogen and oxygen atoms in total. The molecule has 5 fully saturated rings. The van der Waals surface area contributed by atoms with Crippen LogP contribution >= 0.6 is 0 Å². The van der Waals surface area contributed by atoms with Crippen molar-refractivity contribution in [1.29, 1.82) is 0 Å². The third-order valence-electron chi connectivity index (χ3n) is 10.2. The predicted molar refractivity (Wildman–Crippen MR) is 105 cm³/mol. The molecule has 2 saturated heterocycles. The van der Waals surface area contributed by atoms with Crippen LogP contribution in [0.3, 0.4) is 0 Å². The van der Waals surface area contributed by atoms with Crippen LogP contribution in [0.4, 0.5) is 0 Å². The first-order chi connectivity index (χ1) is 14.2. The summed E-state index contributed by atoms with van der Waals surface area (Å²) in [4.78, 5) is 37.4. The molecular formula is C24H30O6. The van der Waals surface area contributed by atoms with Crippen molar-refractivity contribution in [2.24, 2.45) is 28.6 Å². The molecule has 2 heterocycles. The van der Waals surface area contributed by atoms with E-state index in [2.05, 4.69) is 19.9 Å². The molecule has 2 spiro atoms. The summed E-state index contributed by atoms with van der Waals surface area (Å²) < 4.78 is 17.9. The van der Waals surface area contributed by atoms with Crippen molar-refractivity contribution in [2.45, 2.75) is 82.5 Å². The number of rotatable bonds is 1. The van der Waals surface area contributed by atoms with Gasteiger partial charge in [-0.1, -0.05) is 25.5 Å². The Morgan fingerprint density at radius 1 is 1.17 bits per heavy atom. The molecule has 8 atom stereocenters. The van der Waals surface area contributed by atoms with Crippen LogP contribution in [0, 0.1) is 28.6 Å². The van der Waals surface area contributed by atoms with E-state index in [1.165, 1.54) is 7.11 Å². The Morgan fingerprint density at radius 3 is 2.67 bits per heavy atom. The third-order valence-corrected chi connectivity index (χ3v) is 10.2. The molecule has 0 amide bonds. The summed E-state index contributed by atoms with van der Waals surface area (Å²) in [6.07, 6.45) is 7.74.